The molecule has 3 atom stereocenters. The monoisotopic (exact) mass is 194 g/mol. The van der Waals surface area contributed by atoms with E-state index in [2.05, 4.69) is 27.7 Å². The Hall–Kier alpha value is 0. The highest BCUT2D eigenvalue weighted by Crippen LogP contribution is 2.58. The molecule has 0 heteroatoms. The fraction of sp³-hybridized carbons (Fsp3) is 1.00. The summed E-state index contributed by atoms with van der Waals surface area (Å²) >= 11 is 0. The third-order valence-corrected chi connectivity index (χ3v) is 4.76. The highest BCUT2D eigenvalue weighted by molar-refractivity contribution is 4.98. The molecule has 0 aromatic carbocycles. The Morgan fingerprint density at radius 2 is 1.86 bits per heavy atom. The quantitative estimate of drug-likeness (QED) is 0.607. The lowest BCUT2D eigenvalue weighted by Crippen LogP contribution is -2.25. The second kappa shape index (κ2) is 3.54. The van der Waals surface area contributed by atoms with Crippen LogP contribution in [0.2, 0.25) is 0 Å². The van der Waals surface area contributed by atoms with Gasteiger partial charge >= 0.3 is 0 Å². The first-order valence-electron chi connectivity index (χ1n) is 6.50. The number of hydrogen-bond donors (Lipinski definition) is 0. The average molecular weight is 194 g/mol. The van der Waals surface area contributed by atoms with Crippen molar-refractivity contribution < 1.29 is 0 Å². The van der Waals surface area contributed by atoms with Crippen molar-refractivity contribution in [3.05, 3.63) is 0 Å². The molecule has 0 saturated heterocycles. The zero-order valence-corrected chi connectivity index (χ0v) is 10.3. The van der Waals surface area contributed by atoms with E-state index in [0.29, 0.717) is 5.41 Å². The smallest absolute Gasteiger partial charge is 0.0306 e. The zero-order chi connectivity index (χ0) is 10.3. The molecule has 14 heavy (non-hydrogen) atoms. The van der Waals surface area contributed by atoms with Crippen molar-refractivity contribution in [2.24, 2.45) is 29.1 Å². The first-order chi connectivity index (χ1) is 6.50. The molecule has 0 aromatic rings. The second-order valence-corrected chi connectivity index (χ2v) is 6.78. The topological polar surface area (TPSA) is 0 Å². The zero-order valence-electron chi connectivity index (χ0n) is 10.3. The second-order valence-electron chi connectivity index (χ2n) is 6.78. The van der Waals surface area contributed by atoms with Gasteiger partial charge in [0.15, 0.2) is 0 Å². The lowest BCUT2D eigenvalue weighted by molar-refractivity contribution is 0.164. The summed E-state index contributed by atoms with van der Waals surface area (Å²) in [6.45, 7) is 9.79. The number of fused-ring (bicyclic) bond motifs is 1. The molecule has 2 saturated carbocycles. The van der Waals surface area contributed by atoms with Crippen LogP contribution in [-0.4, -0.2) is 0 Å². The van der Waals surface area contributed by atoms with Crippen LogP contribution in [-0.2, 0) is 0 Å². The molecule has 0 bridgehead atoms. The van der Waals surface area contributed by atoms with Gasteiger partial charge in [-0.25, -0.2) is 0 Å². The average Bonchev–Trinajstić information content (AvgIpc) is 2.55. The molecule has 0 aliphatic heterocycles. The van der Waals surface area contributed by atoms with Crippen LogP contribution in [0.1, 0.15) is 59.8 Å². The predicted molar refractivity (Wildman–Crippen MR) is 62.2 cm³/mol. The molecule has 2 rings (SSSR count). The predicted octanol–water partition coefficient (Wildman–Crippen LogP) is 4.49. The van der Waals surface area contributed by atoms with E-state index in [-0.39, 0.29) is 0 Å². The van der Waals surface area contributed by atoms with Crippen molar-refractivity contribution in [2.75, 3.05) is 0 Å². The first-order valence-corrected chi connectivity index (χ1v) is 6.50. The molecular formula is C14H26. The van der Waals surface area contributed by atoms with Gasteiger partial charge in [0.05, 0.1) is 0 Å². The van der Waals surface area contributed by atoms with Gasteiger partial charge in [-0.1, -0.05) is 27.7 Å². The molecule has 0 aromatic heterocycles. The first kappa shape index (κ1) is 10.5. The van der Waals surface area contributed by atoms with Gasteiger partial charge in [0.25, 0.3) is 0 Å². The van der Waals surface area contributed by atoms with E-state index in [1.165, 1.54) is 32.1 Å². The summed E-state index contributed by atoms with van der Waals surface area (Å²) in [5.74, 6) is 4.10. The summed E-state index contributed by atoms with van der Waals surface area (Å²) < 4.78 is 0. The molecule has 0 heterocycles. The minimum Gasteiger partial charge on any atom is -0.0628 e. The molecule has 3 unspecified atom stereocenters. The Balaban J connectivity index is 2.07. The van der Waals surface area contributed by atoms with Crippen molar-refractivity contribution >= 4 is 0 Å². The van der Waals surface area contributed by atoms with Gasteiger partial charge in [-0.2, -0.15) is 0 Å². The van der Waals surface area contributed by atoms with Gasteiger partial charge in [-0.15, -0.1) is 0 Å². The SMILES string of the molecule is CC(C)CC1CCC2CCC(C)(C)C21. The maximum Gasteiger partial charge on any atom is -0.0306 e. The number of rotatable bonds is 2. The van der Waals surface area contributed by atoms with Crippen LogP contribution >= 0.6 is 0 Å². The molecule has 0 spiro atoms. The van der Waals surface area contributed by atoms with Gasteiger partial charge in [0.2, 0.25) is 0 Å². The Morgan fingerprint density at radius 1 is 1.14 bits per heavy atom. The molecule has 2 fully saturated rings. The van der Waals surface area contributed by atoms with Crippen molar-refractivity contribution in [2.45, 2.75) is 59.8 Å². The van der Waals surface area contributed by atoms with E-state index in [9.17, 15) is 0 Å². The summed E-state index contributed by atoms with van der Waals surface area (Å²) in [7, 11) is 0. The standard InChI is InChI=1S/C14H26/c1-10(2)9-12-6-5-11-7-8-14(3,4)13(11)12/h10-13H,5-9H2,1-4H3. The Bertz CT molecular complexity index is 202. The molecular weight excluding hydrogens is 168 g/mol. The fourth-order valence-corrected chi connectivity index (χ4v) is 4.37. The van der Waals surface area contributed by atoms with Crippen LogP contribution in [0.15, 0.2) is 0 Å². The fourth-order valence-electron chi connectivity index (χ4n) is 4.37. The third kappa shape index (κ3) is 1.73. The molecule has 0 N–H and O–H groups in total. The molecule has 2 aliphatic rings. The molecule has 0 amide bonds. The van der Waals surface area contributed by atoms with Crippen molar-refractivity contribution in [1.82, 2.24) is 0 Å². The van der Waals surface area contributed by atoms with E-state index in [1.807, 2.05) is 0 Å². The molecule has 82 valence electrons. The molecule has 0 radical (unpaired) electrons. The maximum atomic E-state index is 2.51. The van der Waals surface area contributed by atoms with E-state index in [0.717, 1.165) is 23.7 Å². The van der Waals surface area contributed by atoms with E-state index >= 15 is 0 Å². The lowest BCUT2D eigenvalue weighted by atomic mass is 9.72. The van der Waals surface area contributed by atoms with Crippen molar-refractivity contribution in [1.29, 1.82) is 0 Å². The van der Waals surface area contributed by atoms with E-state index in [4.69, 9.17) is 0 Å². The highest BCUT2D eigenvalue weighted by atomic mass is 14.5. The third-order valence-electron chi connectivity index (χ3n) is 4.76. The van der Waals surface area contributed by atoms with Gasteiger partial charge in [0, 0.05) is 0 Å². The Morgan fingerprint density at radius 3 is 2.50 bits per heavy atom. The number of hydrogen-bond acceptors (Lipinski definition) is 0. The van der Waals surface area contributed by atoms with Gasteiger partial charge in [0.1, 0.15) is 0 Å². The summed E-state index contributed by atoms with van der Waals surface area (Å²) in [4.78, 5) is 0. The minimum atomic E-state index is 0.653. The van der Waals surface area contributed by atoms with Crippen molar-refractivity contribution in [3.63, 3.8) is 0 Å². The Labute approximate surface area is 89.5 Å². The van der Waals surface area contributed by atoms with Gasteiger partial charge in [-0.3, -0.25) is 0 Å². The van der Waals surface area contributed by atoms with Crippen LogP contribution < -0.4 is 0 Å². The van der Waals surface area contributed by atoms with Crippen LogP contribution in [0.4, 0.5) is 0 Å². The van der Waals surface area contributed by atoms with Gasteiger partial charge < -0.3 is 0 Å². The van der Waals surface area contributed by atoms with Crippen LogP contribution in [0.3, 0.4) is 0 Å². The Kier molecular flexibility index (Phi) is 2.66. The van der Waals surface area contributed by atoms with Crippen molar-refractivity contribution in [3.8, 4) is 0 Å². The normalized spacial score (nSPS) is 40.5. The minimum absolute atomic E-state index is 0.653. The van der Waals surface area contributed by atoms with Crippen LogP contribution in [0.5, 0.6) is 0 Å². The largest absolute Gasteiger partial charge is 0.0628 e. The van der Waals surface area contributed by atoms with E-state index < -0.39 is 0 Å². The van der Waals surface area contributed by atoms with Crippen LogP contribution in [0, 0.1) is 29.1 Å². The molecule has 0 nitrogen and oxygen atoms in total. The molecule has 2 aliphatic carbocycles. The highest BCUT2D eigenvalue weighted by Gasteiger charge is 2.48. The lowest BCUT2D eigenvalue weighted by Gasteiger charge is -2.32. The summed E-state index contributed by atoms with van der Waals surface area (Å²) in [5.41, 5.74) is 0.653. The summed E-state index contributed by atoms with van der Waals surface area (Å²) in [5, 5.41) is 0. The van der Waals surface area contributed by atoms with Gasteiger partial charge in [-0.05, 0) is 61.2 Å². The maximum absolute atomic E-state index is 2.51. The summed E-state index contributed by atoms with van der Waals surface area (Å²) in [6.07, 6.45) is 7.54. The van der Waals surface area contributed by atoms with Crippen LogP contribution in [0.25, 0.3) is 0 Å². The van der Waals surface area contributed by atoms with E-state index in [1.54, 1.807) is 0 Å². The summed E-state index contributed by atoms with van der Waals surface area (Å²) in [6, 6.07) is 0.